The minimum atomic E-state index is -3.92. The van der Waals surface area contributed by atoms with Gasteiger partial charge in [0.05, 0.1) is 4.90 Å². The Labute approximate surface area is 210 Å². The highest BCUT2D eigenvalue weighted by Crippen LogP contribution is 2.33. The highest BCUT2D eigenvalue weighted by atomic mass is 32.2. The zero-order valence-electron chi connectivity index (χ0n) is 19.6. The van der Waals surface area contributed by atoms with Gasteiger partial charge in [0, 0.05) is 12.1 Å². The molecule has 0 aliphatic carbocycles. The SMILES string of the molecule is Cc1ccc(S(=O)(=O)c2nc(-c3ccccc3)oc2NCc2cccc(Oc3ccccc3)c2)cc1. The number of nitrogens with zero attached hydrogens (tertiary/aromatic N) is 1. The molecule has 1 aromatic heterocycles. The largest absolute Gasteiger partial charge is 0.457 e. The van der Waals surface area contributed by atoms with Crippen LogP contribution >= 0.6 is 0 Å². The van der Waals surface area contributed by atoms with Crippen molar-refractivity contribution >= 4 is 15.7 Å². The summed E-state index contributed by atoms with van der Waals surface area (Å²) in [7, 11) is -3.92. The summed E-state index contributed by atoms with van der Waals surface area (Å²) in [6, 6.07) is 33.0. The van der Waals surface area contributed by atoms with Crippen LogP contribution in [0.1, 0.15) is 11.1 Å². The monoisotopic (exact) mass is 496 g/mol. The van der Waals surface area contributed by atoms with Crippen molar-refractivity contribution in [1.29, 1.82) is 0 Å². The Hall–Kier alpha value is -4.36. The van der Waals surface area contributed by atoms with Crippen molar-refractivity contribution in [2.24, 2.45) is 0 Å². The number of anilines is 1. The normalized spacial score (nSPS) is 11.2. The number of benzene rings is 4. The van der Waals surface area contributed by atoms with Crippen LogP contribution in [0, 0.1) is 6.92 Å². The average molecular weight is 497 g/mol. The second-order valence-electron chi connectivity index (χ2n) is 8.25. The molecule has 0 aliphatic heterocycles. The van der Waals surface area contributed by atoms with Gasteiger partial charge < -0.3 is 14.5 Å². The molecule has 1 heterocycles. The number of aromatic nitrogens is 1. The molecular formula is C29H24N2O4S. The minimum Gasteiger partial charge on any atom is -0.457 e. The van der Waals surface area contributed by atoms with Crippen LogP contribution in [0.15, 0.2) is 124 Å². The van der Waals surface area contributed by atoms with Gasteiger partial charge >= 0.3 is 0 Å². The number of nitrogens with one attached hydrogen (secondary N) is 1. The van der Waals surface area contributed by atoms with Gasteiger partial charge in [0.2, 0.25) is 26.6 Å². The van der Waals surface area contributed by atoms with Gasteiger partial charge in [-0.05, 0) is 61.0 Å². The van der Waals surface area contributed by atoms with Crippen molar-refractivity contribution in [2.75, 3.05) is 5.32 Å². The summed E-state index contributed by atoms with van der Waals surface area (Å²) in [6.45, 7) is 2.22. The highest BCUT2D eigenvalue weighted by molar-refractivity contribution is 7.91. The summed E-state index contributed by atoms with van der Waals surface area (Å²) in [4.78, 5) is 4.55. The third-order valence-corrected chi connectivity index (χ3v) is 7.21. The van der Waals surface area contributed by atoms with Crippen molar-refractivity contribution in [1.82, 2.24) is 4.98 Å². The Balaban J connectivity index is 1.45. The molecule has 0 saturated carbocycles. The van der Waals surface area contributed by atoms with E-state index in [-0.39, 0.29) is 21.7 Å². The maximum Gasteiger partial charge on any atom is 0.234 e. The molecule has 0 spiro atoms. The molecule has 1 N–H and O–H groups in total. The second-order valence-corrected chi connectivity index (χ2v) is 10.1. The third kappa shape index (κ3) is 5.16. The van der Waals surface area contributed by atoms with Gasteiger partial charge in [-0.1, -0.05) is 66.2 Å². The molecule has 5 aromatic rings. The molecule has 0 atom stereocenters. The van der Waals surface area contributed by atoms with E-state index in [2.05, 4.69) is 10.3 Å². The summed E-state index contributed by atoms with van der Waals surface area (Å²) in [6.07, 6.45) is 0. The van der Waals surface area contributed by atoms with E-state index in [0.29, 0.717) is 17.9 Å². The lowest BCUT2D eigenvalue weighted by Crippen LogP contribution is -2.07. The Morgan fingerprint density at radius 3 is 2.19 bits per heavy atom. The summed E-state index contributed by atoms with van der Waals surface area (Å²) >= 11 is 0. The fourth-order valence-corrected chi connectivity index (χ4v) is 4.94. The first-order valence-corrected chi connectivity index (χ1v) is 12.9. The van der Waals surface area contributed by atoms with E-state index in [9.17, 15) is 8.42 Å². The van der Waals surface area contributed by atoms with Crippen LogP contribution in [-0.4, -0.2) is 13.4 Å². The molecule has 7 heteroatoms. The molecular weight excluding hydrogens is 472 g/mol. The lowest BCUT2D eigenvalue weighted by Gasteiger charge is -2.09. The lowest BCUT2D eigenvalue weighted by atomic mass is 10.2. The van der Waals surface area contributed by atoms with E-state index < -0.39 is 9.84 Å². The molecule has 6 nitrogen and oxygen atoms in total. The predicted molar refractivity (Wildman–Crippen MR) is 139 cm³/mol. The first-order chi connectivity index (χ1) is 17.5. The molecule has 180 valence electrons. The van der Waals surface area contributed by atoms with Crippen LogP contribution in [0.5, 0.6) is 11.5 Å². The van der Waals surface area contributed by atoms with Crippen LogP contribution in [0.25, 0.3) is 11.5 Å². The summed E-state index contributed by atoms with van der Waals surface area (Å²) in [5.41, 5.74) is 2.54. The first-order valence-electron chi connectivity index (χ1n) is 11.4. The molecule has 0 aliphatic rings. The number of hydrogen-bond donors (Lipinski definition) is 1. The number of hydrogen-bond acceptors (Lipinski definition) is 6. The van der Waals surface area contributed by atoms with Crippen molar-refractivity contribution in [3.63, 3.8) is 0 Å². The fraction of sp³-hybridized carbons (Fsp3) is 0.0690. The topological polar surface area (TPSA) is 81.4 Å². The zero-order valence-corrected chi connectivity index (χ0v) is 20.4. The van der Waals surface area contributed by atoms with Gasteiger partial charge in [0.1, 0.15) is 11.5 Å². The standard InChI is InChI=1S/C29H24N2O4S/c1-21-15-17-26(18-16-21)36(32,33)29-28(35-27(31-29)23-10-4-2-5-11-23)30-20-22-9-8-14-25(19-22)34-24-12-6-3-7-13-24/h2-19,30H,20H2,1H3. The number of oxazole rings is 1. The highest BCUT2D eigenvalue weighted by Gasteiger charge is 2.28. The molecule has 0 fully saturated rings. The first kappa shape index (κ1) is 23.4. The molecule has 5 rings (SSSR count). The van der Waals surface area contributed by atoms with Gasteiger partial charge in [0.25, 0.3) is 0 Å². The van der Waals surface area contributed by atoms with Crippen molar-refractivity contribution < 1.29 is 17.6 Å². The Kier molecular flexibility index (Phi) is 6.56. The molecule has 36 heavy (non-hydrogen) atoms. The zero-order chi connectivity index (χ0) is 25.0. The molecule has 4 aromatic carbocycles. The smallest absolute Gasteiger partial charge is 0.234 e. The predicted octanol–water partition coefficient (Wildman–Crippen LogP) is 6.89. The van der Waals surface area contributed by atoms with Crippen LogP contribution < -0.4 is 10.1 Å². The van der Waals surface area contributed by atoms with Crippen LogP contribution in [0.3, 0.4) is 0 Å². The minimum absolute atomic E-state index is 0.0869. The van der Waals surface area contributed by atoms with E-state index >= 15 is 0 Å². The van der Waals surface area contributed by atoms with Crippen molar-refractivity contribution in [3.8, 4) is 23.0 Å². The summed E-state index contributed by atoms with van der Waals surface area (Å²) in [5, 5.41) is 2.98. The Bertz CT molecular complexity index is 1560. The van der Waals surface area contributed by atoms with E-state index in [1.54, 1.807) is 24.3 Å². The lowest BCUT2D eigenvalue weighted by molar-refractivity contribution is 0.482. The van der Waals surface area contributed by atoms with Gasteiger partial charge in [-0.2, -0.15) is 4.98 Å². The molecule has 0 amide bonds. The Morgan fingerprint density at radius 1 is 0.806 bits per heavy atom. The van der Waals surface area contributed by atoms with Gasteiger partial charge in [0.15, 0.2) is 0 Å². The van der Waals surface area contributed by atoms with Crippen LogP contribution in [0.2, 0.25) is 0 Å². The van der Waals surface area contributed by atoms with Crippen LogP contribution in [-0.2, 0) is 16.4 Å². The van der Waals surface area contributed by atoms with E-state index in [1.807, 2.05) is 91.9 Å². The summed E-state index contributed by atoms with van der Waals surface area (Å²) < 4.78 is 38.9. The van der Waals surface area contributed by atoms with Crippen LogP contribution in [0.4, 0.5) is 5.88 Å². The van der Waals surface area contributed by atoms with E-state index in [0.717, 1.165) is 16.9 Å². The third-order valence-electron chi connectivity index (χ3n) is 5.53. The fourth-order valence-electron chi connectivity index (χ4n) is 3.66. The van der Waals surface area contributed by atoms with Crippen molar-refractivity contribution in [3.05, 3.63) is 120 Å². The maximum atomic E-state index is 13.5. The number of aryl methyl sites for hydroxylation is 1. The maximum absolute atomic E-state index is 13.5. The quantitative estimate of drug-likeness (QED) is 0.252. The molecule has 0 bridgehead atoms. The van der Waals surface area contributed by atoms with Gasteiger partial charge in [-0.15, -0.1) is 0 Å². The molecule has 0 saturated heterocycles. The van der Waals surface area contributed by atoms with Gasteiger partial charge in [-0.3, -0.25) is 0 Å². The summed E-state index contributed by atoms with van der Waals surface area (Å²) in [5.74, 6) is 1.72. The van der Waals surface area contributed by atoms with E-state index in [1.165, 1.54) is 0 Å². The number of rotatable bonds is 8. The second kappa shape index (κ2) is 10.1. The van der Waals surface area contributed by atoms with Crippen molar-refractivity contribution in [2.45, 2.75) is 23.4 Å². The number of sulfone groups is 1. The average Bonchev–Trinajstić information content (AvgIpc) is 3.35. The van der Waals surface area contributed by atoms with E-state index in [4.69, 9.17) is 9.15 Å². The van der Waals surface area contributed by atoms with Gasteiger partial charge in [-0.25, -0.2) is 8.42 Å². The molecule has 0 unspecified atom stereocenters. The Morgan fingerprint density at radius 2 is 1.47 bits per heavy atom. The number of para-hydroxylation sites is 1. The molecule has 0 radical (unpaired) electrons. The number of ether oxygens (including phenoxy) is 1.